The molecule has 9 rings (SSSR count). The summed E-state index contributed by atoms with van der Waals surface area (Å²) in [5.41, 5.74) is 3.76. The van der Waals surface area contributed by atoms with Gasteiger partial charge in [0.2, 0.25) is 11.9 Å². The van der Waals surface area contributed by atoms with Crippen LogP contribution in [-0.4, -0.2) is 97.0 Å². The van der Waals surface area contributed by atoms with Crippen LogP contribution in [0.1, 0.15) is 89.7 Å². The zero-order chi connectivity index (χ0) is 56.1. The molecule has 3 aromatic carbocycles. The fourth-order valence-electron chi connectivity index (χ4n) is 9.65. The number of hydrogen-bond acceptors (Lipinski definition) is 12. The first-order chi connectivity index (χ1) is 37.1. The van der Waals surface area contributed by atoms with Crippen LogP contribution in [0.25, 0.3) is 22.1 Å². The number of benzene rings is 3. The average molecular weight is 1130 g/mol. The van der Waals surface area contributed by atoms with E-state index in [2.05, 4.69) is 20.4 Å². The lowest BCUT2D eigenvalue weighted by Crippen LogP contribution is -2.49. The molecule has 0 bridgehead atoms. The molecule has 0 spiro atoms. The summed E-state index contributed by atoms with van der Waals surface area (Å²) in [4.78, 5) is 66.3. The number of carbonyl (C=O) groups excluding carboxylic acids is 2. The van der Waals surface area contributed by atoms with Gasteiger partial charge in [0.1, 0.15) is 40.3 Å². The Labute approximate surface area is 469 Å². The molecule has 2 aliphatic rings. The molecule has 2 fully saturated rings. The van der Waals surface area contributed by atoms with Crippen molar-refractivity contribution in [2.24, 2.45) is 14.1 Å². The quantitative estimate of drug-likeness (QED) is 0.105. The first kappa shape index (κ1) is 57.3. The van der Waals surface area contributed by atoms with Crippen LogP contribution in [0.2, 0.25) is 10.0 Å². The largest absolute Gasteiger partial charge is 0.497 e. The van der Waals surface area contributed by atoms with Gasteiger partial charge in [-0.1, -0.05) is 65.7 Å². The molecule has 7 aromatic rings. The molecule has 0 aliphatic carbocycles. The number of piperidine rings is 2. The average Bonchev–Trinajstić information content (AvgIpc) is 4.14. The molecule has 18 nitrogen and oxygen atoms in total. The third kappa shape index (κ3) is 13.9. The topological polar surface area (TPSA) is 181 Å². The number of halogens is 3. The Morgan fingerprint density at radius 2 is 1.09 bits per heavy atom. The Morgan fingerprint density at radius 1 is 0.641 bits per heavy atom. The number of imidazole rings is 2. The molecule has 2 atom stereocenters. The lowest BCUT2D eigenvalue weighted by molar-refractivity contribution is 0.0488. The van der Waals surface area contributed by atoms with Gasteiger partial charge in [0.25, 0.3) is 11.1 Å². The monoisotopic (exact) mass is 1130 g/mol. The van der Waals surface area contributed by atoms with Crippen LogP contribution in [0.5, 0.6) is 11.5 Å². The number of ether oxygens (including phenoxy) is 4. The molecule has 2 amide bonds. The van der Waals surface area contributed by atoms with Gasteiger partial charge in [-0.15, -0.1) is 11.6 Å². The number of alkyl carbamates (subject to hydrolysis) is 2. The van der Waals surface area contributed by atoms with E-state index in [0.717, 1.165) is 49.9 Å². The van der Waals surface area contributed by atoms with E-state index in [9.17, 15) is 19.2 Å². The van der Waals surface area contributed by atoms with Crippen LogP contribution in [0.15, 0.2) is 94.5 Å². The molecule has 0 unspecified atom stereocenters. The minimum atomic E-state index is -0.588. The van der Waals surface area contributed by atoms with Crippen molar-refractivity contribution in [3.05, 3.63) is 138 Å². The Hall–Kier alpha value is -6.89. The molecule has 4 aromatic heterocycles. The van der Waals surface area contributed by atoms with Crippen LogP contribution < -0.4 is 41.0 Å². The lowest BCUT2D eigenvalue weighted by atomic mass is 10.1. The summed E-state index contributed by atoms with van der Waals surface area (Å²) in [5.74, 6) is 2.84. The van der Waals surface area contributed by atoms with Gasteiger partial charge in [0, 0.05) is 74.2 Å². The number of nitrogens with one attached hydrogen (secondary N) is 2. The number of amides is 2. The van der Waals surface area contributed by atoms with Gasteiger partial charge in [0.15, 0.2) is 0 Å². The summed E-state index contributed by atoms with van der Waals surface area (Å²) < 4.78 is 29.3. The second-order valence-corrected chi connectivity index (χ2v) is 22.7. The number of hydrogen-bond donors (Lipinski definition) is 2. The van der Waals surface area contributed by atoms with Gasteiger partial charge in [-0.3, -0.25) is 9.59 Å². The Balaban J connectivity index is 0.000000210. The zero-order valence-electron chi connectivity index (χ0n) is 45.7. The van der Waals surface area contributed by atoms with Crippen molar-refractivity contribution in [1.29, 1.82) is 0 Å². The van der Waals surface area contributed by atoms with Crippen molar-refractivity contribution < 1.29 is 28.5 Å². The van der Waals surface area contributed by atoms with E-state index in [-0.39, 0.29) is 35.7 Å². The van der Waals surface area contributed by atoms with E-state index in [0.29, 0.717) is 93.1 Å². The Bertz CT molecular complexity index is 3410. The van der Waals surface area contributed by atoms with Gasteiger partial charge >= 0.3 is 12.2 Å². The fourth-order valence-corrected chi connectivity index (χ4v) is 10.3. The van der Waals surface area contributed by atoms with Crippen LogP contribution >= 0.6 is 34.8 Å². The maximum atomic E-state index is 13.9. The molecule has 78 heavy (non-hydrogen) atoms. The fraction of sp³-hybridized carbons (Fsp3) is 0.439. The van der Waals surface area contributed by atoms with Crippen LogP contribution in [0, 0.1) is 0 Å². The van der Waals surface area contributed by atoms with Gasteiger partial charge in [-0.05, 0) is 115 Å². The van der Waals surface area contributed by atoms with E-state index in [1.165, 1.54) is 0 Å². The van der Waals surface area contributed by atoms with Crippen molar-refractivity contribution in [2.75, 3.05) is 43.1 Å². The number of aromatic nitrogens is 6. The lowest BCUT2D eigenvalue weighted by Gasteiger charge is -2.34. The second kappa shape index (κ2) is 24.4. The SMILES string of the molecule is COc1cccc(OCc2cc3nc(N4CCC[C@@H](NC(=O)OC(C)(C)C)C4)n(Cc4ccccc4Cl)c3c(=O)n2C)c1.Cn1c(CCl)cc2nc(N3CCC[C@@H](NC(=O)OC(C)(C)C)C3)n(Cc3ccccc3Cl)c2c1=O. The molecule has 0 saturated carbocycles. The number of alkyl halides is 1. The third-order valence-corrected chi connectivity index (χ3v) is 14.4. The van der Waals surface area contributed by atoms with Crippen LogP contribution in [0.4, 0.5) is 21.5 Å². The zero-order valence-corrected chi connectivity index (χ0v) is 48.0. The Morgan fingerprint density at radius 3 is 1.54 bits per heavy atom. The number of fused-ring (bicyclic) bond motifs is 2. The molecule has 2 N–H and O–H groups in total. The minimum Gasteiger partial charge on any atom is -0.497 e. The number of anilines is 2. The summed E-state index contributed by atoms with van der Waals surface area (Å²) in [6, 6.07) is 26.0. The number of nitrogens with zero attached hydrogens (tertiary/aromatic N) is 8. The van der Waals surface area contributed by atoms with Gasteiger partial charge in [-0.2, -0.15) is 0 Å². The molecular formula is C57H69Cl3N10O8. The molecule has 2 saturated heterocycles. The van der Waals surface area contributed by atoms with Crippen LogP contribution in [0.3, 0.4) is 0 Å². The molecule has 0 radical (unpaired) electrons. The highest BCUT2D eigenvalue weighted by molar-refractivity contribution is 6.31. The minimum absolute atomic E-state index is 0.103. The van der Waals surface area contributed by atoms with Crippen molar-refractivity contribution in [2.45, 2.75) is 116 Å². The normalized spacial score (nSPS) is 15.9. The molecule has 2 aliphatic heterocycles. The third-order valence-electron chi connectivity index (χ3n) is 13.4. The van der Waals surface area contributed by atoms with E-state index in [1.807, 2.05) is 130 Å². The molecule has 21 heteroatoms. The predicted molar refractivity (Wildman–Crippen MR) is 307 cm³/mol. The van der Waals surface area contributed by atoms with E-state index < -0.39 is 23.4 Å². The summed E-state index contributed by atoms with van der Waals surface area (Å²) in [5, 5.41) is 7.22. The highest BCUT2D eigenvalue weighted by Gasteiger charge is 2.31. The summed E-state index contributed by atoms with van der Waals surface area (Å²) >= 11 is 19.1. The predicted octanol–water partition coefficient (Wildman–Crippen LogP) is 10.2. The van der Waals surface area contributed by atoms with Crippen molar-refractivity contribution in [3.63, 3.8) is 0 Å². The Kier molecular flexibility index (Phi) is 17.9. The van der Waals surface area contributed by atoms with Crippen molar-refractivity contribution >= 4 is 81.0 Å². The molecular weight excluding hydrogens is 1060 g/mol. The standard InChI is InChI=1S/C32H38ClN5O5.C25H31Cl2N5O3/c1-32(2,3)43-31(40)34-22-11-9-15-37(19-22)30-35-27-16-23(20-42-25-13-8-12-24(17-25)41-5)36(4)29(39)28(27)38(30)18-21-10-6-7-14-26(21)33;1-25(2,3)35-24(34)28-17-9-7-11-31(15-17)23-29-20-12-18(13-26)30(4)22(33)21(20)32(23)14-16-8-5-6-10-19(16)27/h6-8,10,12-14,16-17,22H,9,11,15,18-20H2,1-5H3,(H,34,40);5-6,8,10,12,17H,7,9,11,13-15H2,1-4H3,(H,28,34)/t22-;17-/m11/s1. The maximum absolute atomic E-state index is 13.9. The summed E-state index contributed by atoms with van der Waals surface area (Å²) in [6.45, 7) is 14.5. The first-order valence-electron chi connectivity index (χ1n) is 26.1. The molecule has 6 heterocycles. The molecule has 416 valence electrons. The number of pyridine rings is 2. The van der Waals surface area contributed by atoms with Gasteiger partial charge in [0.05, 0.1) is 42.8 Å². The second-order valence-electron chi connectivity index (χ2n) is 21.6. The van der Waals surface area contributed by atoms with Gasteiger partial charge in [-0.25, -0.2) is 19.6 Å². The van der Waals surface area contributed by atoms with Crippen molar-refractivity contribution in [1.82, 2.24) is 38.9 Å². The van der Waals surface area contributed by atoms with Gasteiger partial charge < -0.3 is 57.6 Å². The van der Waals surface area contributed by atoms with E-state index >= 15 is 0 Å². The van der Waals surface area contributed by atoms with Crippen molar-refractivity contribution in [3.8, 4) is 11.5 Å². The summed E-state index contributed by atoms with van der Waals surface area (Å²) in [6.07, 6.45) is 2.47. The number of carbonyl (C=O) groups is 2. The maximum Gasteiger partial charge on any atom is 0.407 e. The first-order valence-corrected chi connectivity index (χ1v) is 27.4. The van der Waals surface area contributed by atoms with E-state index in [1.54, 1.807) is 36.4 Å². The van der Waals surface area contributed by atoms with Crippen LogP contribution in [-0.2, 0) is 49.1 Å². The summed E-state index contributed by atoms with van der Waals surface area (Å²) in [7, 11) is 5.05. The number of rotatable bonds is 13. The van der Waals surface area contributed by atoms with E-state index in [4.69, 9.17) is 63.7 Å². The highest BCUT2D eigenvalue weighted by atomic mass is 35.5. The highest BCUT2D eigenvalue weighted by Crippen LogP contribution is 2.31. The smallest absolute Gasteiger partial charge is 0.407 e. The number of methoxy groups -OCH3 is 1.